The first-order valence-corrected chi connectivity index (χ1v) is 11.4. The summed E-state index contributed by atoms with van der Waals surface area (Å²) in [7, 11) is 0. The number of anilines is 1. The monoisotopic (exact) mass is 496 g/mol. The van der Waals surface area contributed by atoms with Crippen LogP contribution in [0.1, 0.15) is 31.6 Å². The Balaban J connectivity index is 1.58. The lowest BCUT2D eigenvalue weighted by atomic mass is 9.75. The molecule has 0 atom stereocenters. The van der Waals surface area contributed by atoms with Crippen LogP contribution >= 0.6 is 0 Å². The molecule has 1 aliphatic heterocycles. The summed E-state index contributed by atoms with van der Waals surface area (Å²) in [5, 5.41) is 27.9. The van der Waals surface area contributed by atoms with Crippen molar-refractivity contribution in [2.24, 2.45) is 10.5 Å². The van der Waals surface area contributed by atoms with Gasteiger partial charge in [0.2, 0.25) is 0 Å². The van der Waals surface area contributed by atoms with Crippen LogP contribution in [0.4, 0.5) is 17.1 Å². The number of furan rings is 1. The second-order valence-corrected chi connectivity index (χ2v) is 9.41. The number of nitro benzene ring substituents is 2. The fourth-order valence-corrected chi connectivity index (χ4v) is 4.49. The van der Waals surface area contributed by atoms with Gasteiger partial charge in [0.15, 0.2) is 11.5 Å². The molecule has 0 fully saturated rings. The quantitative estimate of drug-likeness (QED) is 0.395. The van der Waals surface area contributed by atoms with Crippen molar-refractivity contribution in [2.75, 3.05) is 31.9 Å². The number of ether oxygens (including phenoxy) is 3. The highest BCUT2D eigenvalue weighted by molar-refractivity contribution is 6.13. The summed E-state index contributed by atoms with van der Waals surface area (Å²) in [4.78, 5) is 21.2. The summed E-state index contributed by atoms with van der Waals surface area (Å²) in [5.74, 6) is 1.88. The van der Waals surface area contributed by atoms with Crippen molar-refractivity contribution >= 4 is 33.7 Å². The van der Waals surface area contributed by atoms with Gasteiger partial charge in [-0.25, -0.2) is 0 Å². The van der Waals surface area contributed by atoms with E-state index in [1.807, 2.05) is 6.07 Å². The summed E-state index contributed by atoms with van der Waals surface area (Å²) >= 11 is 0. The van der Waals surface area contributed by atoms with Crippen LogP contribution in [-0.4, -0.2) is 42.0 Å². The third kappa shape index (κ3) is 4.54. The van der Waals surface area contributed by atoms with E-state index >= 15 is 0 Å². The lowest BCUT2D eigenvalue weighted by molar-refractivity contribution is -0.393. The van der Waals surface area contributed by atoms with Gasteiger partial charge >= 0.3 is 5.69 Å². The number of rotatable bonds is 4. The summed E-state index contributed by atoms with van der Waals surface area (Å²) in [6.45, 7) is 5.84. The number of benzene rings is 2. The molecule has 1 N–H and O–H groups in total. The molecule has 0 radical (unpaired) electrons. The Morgan fingerprint density at radius 3 is 2.36 bits per heavy atom. The Labute approximate surface area is 205 Å². The van der Waals surface area contributed by atoms with E-state index in [4.69, 9.17) is 18.6 Å². The van der Waals surface area contributed by atoms with E-state index in [9.17, 15) is 20.2 Å². The van der Waals surface area contributed by atoms with Crippen LogP contribution < -0.4 is 14.9 Å². The van der Waals surface area contributed by atoms with Gasteiger partial charge in [-0.05, 0) is 24.0 Å². The van der Waals surface area contributed by atoms with Crippen LogP contribution in [0.15, 0.2) is 39.9 Å². The fourth-order valence-electron chi connectivity index (χ4n) is 4.49. The lowest BCUT2D eigenvalue weighted by Gasteiger charge is -2.29. The Morgan fingerprint density at radius 1 is 0.944 bits per heavy atom. The summed E-state index contributed by atoms with van der Waals surface area (Å²) in [5.41, 5.74) is 3.89. The number of non-ortho nitro benzene ring substituents is 1. The number of fused-ring (bicyclic) bond motifs is 4. The van der Waals surface area contributed by atoms with Crippen molar-refractivity contribution in [3.8, 4) is 11.5 Å². The Kier molecular flexibility index (Phi) is 5.96. The summed E-state index contributed by atoms with van der Waals surface area (Å²) < 4.78 is 23.4. The van der Waals surface area contributed by atoms with Crippen molar-refractivity contribution < 1.29 is 28.5 Å². The smallest absolute Gasteiger partial charge is 0.301 e. The third-order valence-electron chi connectivity index (χ3n) is 6.07. The van der Waals surface area contributed by atoms with Gasteiger partial charge in [0.25, 0.3) is 5.69 Å². The van der Waals surface area contributed by atoms with Gasteiger partial charge in [-0.1, -0.05) is 13.8 Å². The van der Waals surface area contributed by atoms with Gasteiger partial charge in [-0.2, -0.15) is 5.10 Å². The second kappa shape index (κ2) is 9.11. The van der Waals surface area contributed by atoms with E-state index < -0.39 is 15.5 Å². The van der Waals surface area contributed by atoms with Gasteiger partial charge in [0, 0.05) is 29.5 Å². The molecule has 0 amide bonds. The number of nitrogens with zero attached hydrogens (tertiary/aromatic N) is 3. The lowest BCUT2D eigenvalue weighted by Crippen LogP contribution is -2.27. The number of nitrogens with one attached hydrogen (secondary N) is 1. The molecule has 1 aliphatic carbocycles. The molecule has 12 nitrogen and oxygen atoms in total. The number of hydrazone groups is 1. The minimum atomic E-state index is -0.680. The average molecular weight is 496 g/mol. The molecule has 2 aliphatic rings. The summed E-state index contributed by atoms with van der Waals surface area (Å²) in [6, 6.07) is 7.05. The molecule has 1 aromatic heterocycles. The predicted molar refractivity (Wildman–Crippen MR) is 130 cm³/mol. The Morgan fingerprint density at radius 2 is 1.67 bits per heavy atom. The van der Waals surface area contributed by atoms with Crippen LogP contribution in [0.3, 0.4) is 0 Å². The highest BCUT2D eigenvalue weighted by atomic mass is 16.6. The molecule has 2 aromatic carbocycles. The van der Waals surface area contributed by atoms with E-state index in [2.05, 4.69) is 24.4 Å². The SMILES string of the molecule is CC1(C)C/C(=N\Nc2ccc([N+](=O)[O-])cc2[N+](=O)[O-])c2c(oc3cc4c(cc23)OCCOCCO4)C1. The van der Waals surface area contributed by atoms with E-state index in [1.54, 1.807) is 6.07 Å². The Hall–Kier alpha value is -4.19. The first-order chi connectivity index (χ1) is 17.2. The van der Waals surface area contributed by atoms with Crippen molar-refractivity contribution in [3.05, 3.63) is 61.9 Å². The van der Waals surface area contributed by atoms with Crippen LogP contribution in [-0.2, 0) is 11.2 Å². The van der Waals surface area contributed by atoms with Gasteiger partial charge in [0.05, 0.1) is 34.8 Å². The first kappa shape index (κ1) is 23.5. The molecule has 188 valence electrons. The van der Waals surface area contributed by atoms with Gasteiger partial charge in [-0.15, -0.1) is 0 Å². The standard InChI is InChI=1S/C24H24N4O8/c1-24(2)12-17(26-25-16-4-3-14(27(29)30)9-18(16)28(31)32)23-15-10-20-21(11-19(15)36-22(23)13-24)35-8-6-33-5-7-34-20/h3-4,9-11,25H,5-8,12-13H2,1-2H3/b26-17+. The topological polar surface area (TPSA) is 152 Å². The Bertz CT molecular complexity index is 1390. The molecule has 0 spiro atoms. The predicted octanol–water partition coefficient (Wildman–Crippen LogP) is 4.83. The first-order valence-electron chi connectivity index (χ1n) is 11.4. The van der Waals surface area contributed by atoms with E-state index in [1.165, 1.54) is 12.1 Å². The zero-order valence-corrected chi connectivity index (χ0v) is 19.7. The molecule has 0 unspecified atom stereocenters. The third-order valence-corrected chi connectivity index (χ3v) is 6.07. The van der Waals surface area contributed by atoms with Crippen LogP contribution in [0.2, 0.25) is 0 Å². The average Bonchev–Trinajstić information content (AvgIpc) is 3.21. The fraction of sp³-hybridized carbons (Fsp3) is 0.375. The minimum Gasteiger partial charge on any atom is -0.487 e. The molecule has 12 heteroatoms. The van der Waals surface area contributed by atoms with Crippen molar-refractivity contribution in [1.82, 2.24) is 0 Å². The molecule has 2 heterocycles. The minimum absolute atomic E-state index is 0.0499. The summed E-state index contributed by atoms with van der Waals surface area (Å²) in [6.07, 6.45) is 1.25. The molecule has 3 aromatic rings. The highest BCUT2D eigenvalue weighted by Gasteiger charge is 2.35. The van der Waals surface area contributed by atoms with E-state index in [0.29, 0.717) is 62.1 Å². The van der Waals surface area contributed by atoms with E-state index in [-0.39, 0.29) is 16.8 Å². The zero-order valence-electron chi connectivity index (χ0n) is 19.7. The largest absolute Gasteiger partial charge is 0.487 e. The van der Waals surface area contributed by atoms with E-state index in [0.717, 1.165) is 22.8 Å². The van der Waals surface area contributed by atoms with Gasteiger partial charge < -0.3 is 18.6 Å². The molecule has 36 heavy (non-hydrogen) atoms. The number of hydrogen-bond donors (Lipinski definition) is 1. The maximum absolute atomic E-state index is 11.5. The molecule has 5 rings (SSSR count). The zero-order chi connectivity index (χ0) is 25.4. The molecule has 0 saturated heterocycles. The van der Waals surface area contributed by atoms with Gasteiger partial charge in [0.1, 0.15) is 30.2 Å². The highest BCUT2D eigenvalue weighted by Crippen LogP contribution is 2.43. The van der Waals surface area contributed by atoms with Crippen molar-refractivity contribution in [1.29, 1.82) is 0 Å². The van der Waals surface area contributed by atoms with Crippen molar-refractivity contribution in [3.63, 3.8) is 0 Å². The maximum atomic E-state index is 11.5. The normalized spacial score (nSPS) is 18.1. The van der Waals surface area contributed by atoms with Crippen LogP contribution in [0.5, 0.6) is 11.5 Å². The molecular formula is C24H24N4O8. The second-order valence-electron chi connectivity index (χ2n) is 9.41. The molecule has 0 saturated carbocycles. The number of hydrogen-bond acceptors (Lipinski definition) is 10. The van der Waals surface area contributed by atoms with Crippen LogP contribution in [0, 0.1) is 25.6 Å². The molecular weight excluding hydrogens is 472 g/mol. The molecule has 0 bridgehead atoms. The maximum Gasteiger partial charge on any atom is 0.301 e. The van der Waals surface area contributed by atoms with Crippen molar-refractivity contribution in [2.45, 2.75) is 26.7 Å². The number of nitro groups is 2. The van der Waals surface area contributed by atoms with Gasteiger partial charge in [-0.3, -0.25) is 25.7 Å². The van der Waals surface area contributed by atoms with Crippen LogP contribution in [0.25, 0.3) is 11.0 Å².